The van der Waals surface area contributed by atoms with E-state index in [1.54, 1.807) is 0 Å². The number of nitrogens with two attached hydrogens (primary N) is 1. The molecule has 11 heavy (non-hydrogen) atoms. The number of rotatable bonds is 3. The summed E-state index contributed by atoms with van der Waals surface area (Å²) >= 11 is 0. The Morgan fingerprint density at radius 1 is 1.64 bits per heavy atom. The predicted octanol–water partition coefficient (Wildman–Crippen LogP) is 0.323. The van der Waals surface area contributed by atoms with Gasteiger partial charge in [-0.3, -0.25) is 4.90 Å². The average Bonchev–Trinajstić information content (AvgIpc) is 2.39. The lowest BCUT2D eigenvalue weighted by atomic mass is 10.1. The van der Waals surface area contributed by atoms with Crippen molar-refractivity contribution in [1.82, 2.24) is 4.90 Å². The molecule has 1 unspecified atom stereocenters. The third-order valence-corrected chi connectivity index (χ3v) is 2.27. The molecule has 0 aliphatic carbocycles. The van der Waals surface area contributed by atoms with Crippen LogP contribution >= 0.6 is 0 Å². The topological polar surface area (TPSA) is 53.0 Å². The van der Waals surface area contributed by atoms with E-state index >= 15 is 0 Å². The van der Waals surface area contributed by atoms with Gasteiger partial charge in [0.15, 0.2) is 0 Å². The van der Waals surface area contributed by atoms with Gasteiger partial charge in [-0.05, 0) is 32.4 Å². The van der Waals surface area contributed by atoms with Crippen molar-refractivity contribution in [3.05, 3.63) is 0 Å². The van der Waals surface area contributed by atoms with Gasteiger partial charge in [-0.25, -0.2) is 0 Å². The van der Waals surface area contributed by atoms with E-state index in [4.69, 9.17) is 11.0 Å². The van der Waals surface area contributed by atoms with E-state index < -0.39 is 0 Å². The normalized spacial score (nSPS) is 25.3. The van der Waals surface area contributed by atoms with Crippen molar-refractivity contribution >= 4 is 0 Å². The molecule has 0 aromatic heterocycles. The molecule has 1 aliphatic heterocycles. The van der Waals surface area contributed by atoms with Gasteiger partial charge in [0.1, 0.15) is 0 Å². The molecule has 1 saturated heterocycles. The Kier molecular flexibility index (Phi) is 3.34. The number of hydrogen-bond acceptors (Lipinski definition) is 3. The lowest BCUT2D eigenvalue weighted by molar-refractivity contribution is 0.274. The quantitative estimate of drug-likeness (QED) is 0.594. The highest BCUT2D eigenvalue weighted by Crippen LogP contribution is 2.18. The van der Waals surface area contributed by atoms with Gasteiger partial charge < -0.3 is 5.73 Å². The molecule has 0 saturated carbocycles. The molecule has 0 bridgehead atoms. The zero-order valence-electron chi connectivity index (χ0n) is 6.79. The Balaban J connectivity index is 2.32. The lowest BCUT2D eigenvalue weighted by Gasteiger charge is -2.20. The van der Waals surface area contributed by atoms with Gasteiger partial charge in [-0.1, -0.05) is 0 Å². The molecule has 0 amide bonds. The van der Waals surface area contributed by atoms with Crippen LogP contribution in [0.25, 0.3) is 0 Å². The van der Waals surface area contributed by atoms with Crippen LogP contribution in [0.3, 0.4) is 0 Å². The molecular weight excluding hydrogens is 138 g/mol. The summed E-state index contributed by atoms with van der Waals surface area (Å²) < 4.78 is 0. The number of likely N-dealkylation sites (tertiary alicyclic amines) is 1. The predicted molar refractivity (Wildman–Crippen MR) is 43.9 cm³/mol. The molecule has 1 aliphatic rings. The van der Waals surface area contributed by atoms with Crippen molar-refractivity contribution in [3.63, 3.8) is 0 Å². The number of hydrogen-bond donors (Lipinski definition) is 1. The fraction of sp³-hybridized carbons (Fsp3) is 0.875. The van der Waals surface area contributed by atoms with Crippen molar-refractivity contribution in [3.8, 4) is 6.07 Å². The monoisotopic (exact) mass is 153 g/mol. The van der Waals surface area contributed by atoms with Crippen LogP contribution in [0.2, 0.25) is 0 Å². The minimum atomic E-state index is 0.574. The van der Waals surface area contributed by atoms with Gasteiger partial charge in [0.05, 0.1) is 12.6 Å². The van der Waals surface area contributed by atoms with E-state index in [1.165, 1.54) is 12.8 Å². The van der Waals surface area contributed by atoms with Crippen LogP contribution < -0.4 is 5.73 Å². The first kappa shape index (κ1) is 8.51. The van der Waals surface area contributed by atoms with E-state index in [0.29, 0.717) is 12.6 Å². The molecule has 0 aromatic rings. The van der Waals surface area contributed by atoms with Crippen LogP contribution in [-0.4, -0.2) is 30.6 Å². The summed E-state index contributed by atoms with van der Waals surface area (Å²) in [5.41, 5.74) is 5.46. The largest absolute Gasteiger partial charge is 0.330 e. The number of nitrogens with zero attached hydrogens (tertiary/aromatic N) is 2. The SMILES string of the molecule is N#CCN1CCCC1CCN. The van der Waals surface area contributed by atoms with Crippen LogP contribution in [0.1, 0.15) is 19.3 Å². The third-order valence-electron chi connectivity index (χ3n) is 2.27. The molecule has 3 nitrogen and oxygen atoms in total. The molecule has 1 fully saturated rings. The fourth-order valence-electron chi connectivity index (χ4n) is 1.71. The maximum absolute atomic E-state index is 8.49. The van der Waals surface area contributed by atoms with Crippen LogP contribution in [-0.2, 0) is 0 Å². The molecule has 2 N–H and O–H groups in total. The molecule has 62 valence electrons. The van der Waals surface area contributed by atoms with Gasteiger partial charge in [0, 0.05) is 6.04 Å². The molecule has 1 heterocycles. The first-order valence-corrected chi connectivity index (χ1v) is 4.19. The molecular formula is C8H15N3. The Hall–Kier alpha value is -0.590. The highest BCUT2D eigenvalue weighted by atomic mass is 15.2. The Labute approximate surface area is 67.8 Å². The third kappa shape index (κ3) is 2.18. The van der Waals surface area contributed by atoms with Gasteiger partial charge in [0.25, 0.3) is 0 Å². The number of nitriles is 1. The van der Waals surface area contributed by atoms with E-state index in [9.17, 15) is 0 Å². The minimum absolute atomic E-state index is 0.574. The van der Waals surface area contributed by atoms with E-state index in [1.807, 2.05) is 0 Å². The van der Waals surface area contributed by atoms with Gasteiger partial charge in [0.2, 0.25) is 0 Å². The molecule has 0 spiro atoms. The second-order valence-corrected chi connectivity index (χ2v) is 3.00. The van der Waals surface area contributed by atoms with Crippen molar-refractivity contribution in [2.75, 3.05) is 19.6 Å². The summed E-state index contributed by atoms with van der Waals surface area (Å²) in [5, 5.41) is 8.49. The smallest absolute Gasteiger partial charge is 0.0868 e. The summed E-state index contributed by atoms with van der Waals surface area (Å²) in [6.45, 7) is 2.40. The highest BCUT2D eigenvalue weighted by molar-refractivity contribution is 4.86. The Morgan fingerprint density at radius 3 is 3.09 bits per heavy atom. The average molecular weight is 153 g/mol. The van der Waals surface area contributed by atoms with Crippen molar-refractivity contribution in [1.29, 1.82) is 5.26 Å². The summed E-state index contributed by atoms with van der Waals surface area (Å²) in [6, 6.07) is 2.77. The second-order valence-electron chi connectivity index (χ2n) is 3.00. The van der Waals surface area contributed by atoms with E-state index in [2.05, 4.69) is 11.0 Å². The van der Waals surface area contributed by atoms with Crippen LogP contribution in [0, 0.1) is 11.3 Å². The van der Waals surface area contributed by atoms with Crippen LogP contribution in [0.5, 0.6) is 0 Å². The molecule has 0 aromatic carbocycles. The molecule has 0 radical (unpaired) electrons. The Morgan fingerprint density at radius 2 is 2.45 bits per heavy atom. The summed E-state index contributed by atoms with van der Waals surface area (Å²) in [7, 11) is 0. The van der Waals surface area contributed by atoms with Crippen molar-refractivity contribution < 1.29 is 0 Å². The molecule has 1 rings (SSSR count). The maximum atomic E-state index is 8.49. The van der Waals surface area contributed by atoms with Gasteiger partial charge >= 0.3 is 0 Å². The highest BCUT2D eigenvalue weighted by Gasteiger charge is 2.22. The first-order chi connectivity index (χ1) is 5.38. The molecule has 1 atom stereocenters. The lowest BCUT2D eigenvalue weighted by Crippen LogP contribution is -2.31. The standard InChI is InChI=1S/C8H15N3/c9-4-3-8-2-1-6-11(8)7-5-10/h8H,1-4,6-7,9H2. The van der Waals surface area contributed by atoms with E-state index in [-0.39, 0.29) is 0 Å². The van der Waals surface area contributed by atoms with Crippen LogP contribution in [0.4, 0.5) is 0 Å². The zero-order chi connectivity index (χ0) is 8.10. The van der Waals surface area contributed by atoms with Gasteiger partial charge in [-0.2, -0.15) is 5.26 Å². The van der Waals surface area contributed by atoms with Gasteiger partial charge in [-0.15, -0.1) is 0 Å². The Bertz CT molecular complexity index is 150. The maximum Gasteiger partial charge on any atom is 0.0868 e. The zero-order valence-corrected chi connectivity index (χ0v) is 6.79. The fourth-order valence-corrected chi connectivity index (χ4v) is 1.71. The molecule has 3 heteroatoms. The van der Waals surface area contributed by atoms with Crippen molar-refractivity contribution in [2.45, 2.75) is 25.3 Å². The minimum Gasteiger partial charge on any atom is -0.330 e. The summed E-state index contributed by atoms with van der Waals surface area (Å²) in [6.07, 6.45) is 3.49. The first-order valence-electron chi connectivity index (χ1n) is 4.19. The summed E-state index contributed by atoms with van der Waals surface area (Å²) in [4.78, 5) is 2.23. The second kappa shape index (κ2) is 4.32. The van der Waals surface area contributed by atoms with E-state index in [0.717, 1.165) is 19.5 Å². The van der Waals surface area contributed by atoms with Crippen molar-refractivity contribution in [2.24, 2.45) is 5.73 Å². The van der Waals surface area contributed by atoms with Crippen LogP contribution in [0.15, 0.2) is 0 Å². The summed E-state index contributed by atoms with van der Waals surface area (Å²) in [5.74, 6) is 0.